The maximum atomic E-state index is 5.95. The molecule has 3 nitrogen and oxygen atoms in total. The Morgan fingerprint density at radius 2 is 1.35 bits per heavy atom. The molecule has 0 aliphatic carbocycles. The van der Waals surface area contributed by atoms with Gasteiger partial charge in [-0.05, 0) is 23.5 Å². The summed E-state index contributed by atoms with van der Waals surface area (Å²) >= 11 is 0. The molecular formula is C23H24N2O. The fraction of sp³-hybridized carbons (Fsp3) is 0.304. The second-order valence-electron chi connectivity index (χ2n) is 7.74. The predicted octanol–water partition coefficient (Wildman–Crippen LogP) is 5.88. The van der Waals surface area contributed by atoms with Gasteiger partial charge in [-0.1, -0.05) is 64.1 Å². The second-order valence-corrected chi connectivity index (χ2v) is 7.74. The maximum absolute atomic E-state index is 5.95. The Morgan fingerprint density at radius 1 is 0.808 bits per heavy atom. The fourth-order valence-corrected chi connectivity index (χ4v) is 3.59. The van der Waals surface area contributed by atoms with Gasteiger partial charge in [0, 0.05) is 16.3 Å². The summed E-state index contributed by atoms with van der Waals surface area (Å²) in [7, 11) is 1.75. The van der Waals surface area contributed by atoms with Crippen molar-refractivity contribution < 1.29 is 4.74 Å². The van der Waals surface area contributed by atoms with E-state index >= 15 is 0 Å². The number of benzene rings is 3. The van der Waals surface area contributed by atoms with E-state index in [1.165, 1.54) is 0 Å². The average molecular weight is 344 g/mol. The van der Waals surface area contributed by atoms with Gasteiger partial charge < -0.3 is 4.74 Å². The van der Waals surface area contributed by atoms with Gasteiger partial charge in [-0.15, -0.1) is 0 Å². The minimum absolute atomic E-state index is 0.106. The normalized spacial score (nSPS) is 12.4. The zero-order valence-electron chi connectivity index (χ0n) is 16.0. The average Bonchev–Trinajstić information content (AvgIpc) is 2.65. The maximum Gasteiger partial charge on any atom is 0.132 e. The molecule has 0 atom stereocenters. The summed E-state index contributed by atoms with van der Waals surface area (Å²) in [6.45, 7) is 9.02. The molecule has 0 amide bonds. The molecule has 0 unspecified atom stereocenters. The van der Waals surface area contributed by atoms with E-state index in [9.17, 15) is 0 Å². The molecule has 0 bridgehead atoms. The van der Waals surface area contributed by atoms with Crippen LogP contribution in [0.15, 0.2) is 48.5 Å². The second kappa shape index (κ2) is 5.94. The monoisotopic (exact) mass is 344 g/mol. The summed E-state index contributed by atoms with van der Waals surface area (Å²) in [4.78, 5) is 10.0. The van der Waals surface area contributed by atoms with E-state index in [2.05, 4.69) is 45.9 Å². The Morgan fingerprint density at radius 3 is 1.92 bits per heavy atom. The summed E-state index contributed by atoms with van der Waals surface area (Å²) in [6.07, 6.45) is 0. The van der Waals surface area contributed by atoms with Crippen LogP contribution in [0, 0.1) is 5.92 Å². The summed E-state index contributed by atoms with van der Waals surface area (Å²) in [5.74, 6) is 1.34. The Kier molecular flexibility index (Phi) is 3.83. The molecule has 0 aliphatic rings. The number of ether oxygens (including phenoxy) is 1. The molecule has 0 N–H and O–H groups in total. The summed E-state index contributed by atoms with van der Waals surface area (Å²) in [5.41, 5.74) is 4.76. The number of hydrogen-bond acceptors (Lipinski definition) is 3. The van der Waals surface area contributed by atoms with Crippen molar-refractivity contribution >= 4 is 32.8 Å². The number of fused-ring (bicyclic) bond motifs is 4. The van der Waals surface area contributed by atoms with Crippen molar-refractivity contribution in [3.05, 3.63) is 54.1 Å². The van der Waals surface area contributed by atoms with Crippen LogP contribution in [0.25, 0.3) is 32.8 Å². The van der Waals surface area contributed by atoms with E-state index in [4.69, 9.17) is 14.7 Å². The first-order valence-corrected chi connectivity index (χ1v) is 9.10. The minimum Gasteiger partial charge on any atom is -0.496 e. The third-order valence-corrected chi connectivity index (χ3v) is 5.75. The van der Waals surface area contributed by atoms with Crippen molar-refractivity contribution in [2.75, 3.05) is 7.11 Å². The topological polar surface area (TPSA) is 35.0 Å². The van der Waals surface area contributed by atoms with Crippen LogP contribution in [0.3, 0.4) is 0 Å². The highest BCUT2D eigenvalue weighted by atomic mass is 16.5. The van der Waals surface area contributed by atoms with E-state index in [1.807, 2.05) is 30.3 Å². The molecule has 26 heavy (non-hydrogen) atoms. The van der Waals surface area contributed by atoms with Gasteiger partial charge in [-0.25, -0.2) is 9.97 Å². The molecule has 4 rings (SSSR count). The molecule has 0 aliphatic heterocycles. The lowest BCUT2D eigenvalue weighted by molar-refractivity contribution is 0.346. The summed E-state index contributed by atoms with van der Waals surface area (Å²) in [5, 5.41) is 2.18. The number of rotatable bonds is 3. The van der Waals surface area contributed by atoms with Crippen molar-refractivity contribution in [3.8, 4) is 5.75 Å². The van der Waals surface area contributed by atoms with Crippen LogP contribution in [-0.4, -0.2) is 17.1 Å². The van der Waals surface area contributed by atoms with E-state index in [0.29, 0.717) is 5.92 Å². The number of para-hydroxylation sites is 2. The highest BCUT2D eigenvalue weighted by Crippen LogP contribution is 2.45. The van der Waals surface area contributed by atoms with Crippen molar-refractivity contribution in [2.45, 2.75) is 33.1 Å². The molecule has 0 saturated carbocycles. The first kappa shape index (κ1) is 16.8. The van der Waals surface area contributed by atoms with Crippen LogP contribution < -0.4 is 4.74 Å². The fourth-order valence-electron chi connectivity index (χ4n) is 3.59. The first-order chi connectivity index (χ1) is 12.4. The summed E-state index contributed by atoms with van der Waals surface area (Å²) < 4.78 is 5.95. The van der Waals surface area contributed by atoms with Gasteiger partial charge in [0.15, 0.2) is 0 Å². The highest BCUT2D eigenvalue weighted by molar-refractivity contribution is 6.11. The van der Waals surface area contributed by atoms with Gasteiger partial charge in [-0.2, -0.15) is 0 Å². The SMILES string of the molecule is COc1c(C(C)(C)C(C)C)c2nc3ccccc3nc2c2ccccc12. The lowest BCUT2D eigenvalue weighted by atomic mass is 9.73. The molecule has 132 valence electrons. The largest absolute Gasteiger partial charge is 0.496 e. The number of hydrogen-bond donors (Lipinski definition) is 0. The number of methoxy groups -OCH3 is 1. The van der Waals surface area contributed by atoms with Crippen LogP contribution in [0.5, 0.6) is 5.75 Å². The van der Waals surface area contributed by atoms with Crippen LogP contribution in [0.1, 0.15) is 33.3 Å². The van der Waals surface area contributed by atoms with Crippen LogP contribution in [0.2, 0.25) is 0 Å². The van der Waals surface area contributed by atoms with Gasteiger partial charge in [0.1, 0.15) is 5.75 Å². The van der Waals surface area contributed by atoms with Crippen molar-refractivity contribution in [1.29, 1.82) is 0 Å². The van der Waals surface area contributed by atoms with Crippen molar-refractivity contribution in [3.63, 3.8) is 0 Å². The van der Waals surface area contributed by atoms with Gasteiger partial charge in [0.25, 0.3) is 0 Å². The van der Waals surface area contributed by atoms with Gasteiger partial charge in [0.05, 0.1) is 29.2 Å². The Labute approximate surface area is 154 Å². The van der Waals surface area contributed by atoms with E-state index in [-0.39, 0.29) is 5.41 Å². The van der Waals surface area contributed by atoms with E-state index in [1.54, 1.807) is 7.11 Å². The molecular weight excluding hydrogens is 320 g/mol. The predicted molar refractivity (Wildman–Crippen MR) is 109 cm³/mol. The molecule has 1 aromatic heterocycles. The first-order valence-electron chi connectivity index (χ1n) is 9.10. The smallest absolute Gasteiger partial charge is 0.132 e. The summed E-state index contributed by atoms with van der Waals surface area (Å²) in [6, 6.07) is 16.4. The Balaban J connectivity index is 2.30. The molecule has 1 heterocycles. The van der Waals surface area contributed by atoms with Crippen molar-refractivity contribution in [1.82, 2.24) is 9.97 Å². The zero-order valence-corrected chi connectivity index (χ0v) is 16.0. The molecule has 0 radical (unpaired) electrons. The van der Waals surface area contributed by atoms with Crippen LogP contribution in [0.4, 0.5) is 0 Å². The third kappa shape index (κ3) is 2.34. The lowest BCUT2D eigenvalue weighted by Crippen LogP contribution is -2.26. The Bertz CT molecular complexity index is 1130. The van der Waals surface area contributed by atoms with Gasteiger partial charge in [-0.3, -0.25) is 0 Å². The van der Waals surface area contributed by atoms with E-state index in [0.717, 1.165) is 44.2 Å². The van der Waals surface area contributed by atoms with Crippen LogP contribution in [-0.2, 0) is 5.41 Å². The molecule has 4 aromatic rings. The number of aromatic nitrogens is 2. The zero-order chi connectivity index (χ0) is 18.5. The van der Waals surface area contributed by atoms with Gasteiger partial charge in [0.2, 0.25) is 0 Å². The molecule has 3 heteroatoms. The van der Waals surface area contributed by atoms with E-state index < -0.39 is 0 Å². The number of nitrogens with zero attached hydrogens (tertiary/aromatic N) is 2. The molecule has 0 saturated heterocycles. The standard InChI is InChI=1S/C23H24N2O/c1-14(2)23(3,4)19-21-20(24-17-12-8-9-13-18(17)25-21)15-10-6-7-11-16(15)22(19)26-5/h6-14H,1-5H3. The Hall–Kier alpha value is -2.68. The quantitative estimate of drug-likeness (QED) is 0.344. The minimum atomic E-state index is -0.106. The highest BCUT2D eigenvalue weighted by Gasteiger charge is 2.33. The molecule has 3 aromatic carbocycles. The van der Waals surface area contributed by atoms with Gasteiger partial charge >= 0.3 is 0 Å². The molecule has 0 fully saturated rings. The van der Waals surface area contributed by atoms with Crippen LogP contribution >= 0.6 is 0 Å². The molecule has 0 spiro atoms. The lowest BCUT2D eigenvalue weighted by Gasteiger charge is -2.32. The van der Waals surface area contributed by atoms with Crippen molar-refractivity contribution in [2.24, 2.45) is 5.92 Å². The third-order valence-electron chi connectivity index (χ3n) is 5.75.